The quantitative estimate of drug-likeness (QED) is 0.764. The molecule has 0 aromatic heterocycles. The van der Waals surface area contributed by atoms with Crippen LogP contribution in [0.25, 0.3) is 6.08 Å². The fourth-order valence-electron chi connectivity index (χ4n) is 2.43. The number of thioether (sulfide) groups is 1. The first-order valence-corrected chi connectivity index (χ1v) is 9.07. The van der Waals surface area contributed by atoms with Crippen LogP contribution in [0.4, 0.5) is 4.79 Å². The molecule has 0 saturated carbocycles. The Morgan fingerprint density at radius 3 is 2.77 bits per heavy atom. The molecule has 1 heterocycles. The van der Waals surface area contributed by atoms with Crippen LogP contribution in [-0.4, -0.2) is 34.3 Å². The number of rotatable bonds is 5. The Hall–Kier alpha value is -2.44. The lowest BCUT2D eigenvalue weighted by molar-refractivity contribution is -0.123. The molecule has 0 unspecified atom stereocenters. The van der Waals surface area contributed by atoms with Gasteiger partial charge in [0, 0.05) is 5.56 Å². The Balaban J connectivity index is 1.68. The maximum atomic E-state index is 12.5. The molecule has 134 valence electrons. The van der Waals surface area contributed by atoms with Crippen LogP contribution in [0.5, 0.6) is 11.5 Å². The molecule has 0 bridgehead atoms. The van der Waals surface area contributed by atoms with Gasteiger partial charge in [-0.2, -0.15) is 0 Å². The van der Waals surface area contributed by atoms with Crippen molar-refractivity contribution in [1.29, 1.82) is 0 Å². The highest BCUT2D eigenvalue weighted by Gasteiger charge is 2.35. The third-order valence-corrected chi connectivity index (χ3v) is 4.97. The summed E-state index contributed by atoms with van der Waals surface area (Å²) in [4.78, 5) is 26.0. The van der Waals surface area contributed by atoms with Crippen molar-refractivity contribution in [1.82, 2.24) is 4.90 Å². The Morgan fingerprint density at radius 2 is 2.00 bits per heavy atom. The van der Waals surface area contributed by atoms with Gasteiger partial charge in [0.2, 0.25) is 0 Å². The van der Waals surface area contributed by atoms with E-state index in [1.807, 2.05) is 6.92 Å². The fraction of sp³-hybridized carbons (Fsp3) is 0.158. The lowest BCUT2D eigenvalue weighted by Gasteiger charge is -2.13. The van der Waals surface area contributed by atoms with Crippen molar-refractivity contribution in [2.45, 2.75) is 6.92 Å². The van der Waals surface area contributed by atoms with Crippen molar-refractivity contribution >= 4 is 40.6 Å². The van der Waals surface area contributed by atoms with E-state index in [9.17, 15) is 14.7 Å². The molecule has 26 heavy (non-hydrogen) atoms. The number of aromatic hydroxyl groups is 1. The SMILES string of the molecule is Cc1ccc(O)c(/C=C2\SC(=O)N(CCOc3ccccc3Cl)C2=O)c1. The zero-order valence-electron chi connectivity index (χ0n) is 13.9. The molecule has 2 amide bonds. The van der Waals surface area contributed by atoms with E-state index in [0.29, 0.717) is 16.3 Å². The van der Waals surface area contributed by atoms with Gasteiger partial charge >= 0.3 is 0 Å². The standard InChI is InChI=1S/C19H16ClNO4S/c1-12-6-7-15(22)13(10-12)11-17-18(23)21(19(24)26-17)8-9-25-16-5-3-2-4-14(16)20/h2-7,10-11,22H,8-9H2,1H3/b17-11-. The van der Waals surface area contributed by atoms with Crippen molar-refractivity contribution < 1.29 is 19.4 Å². The molecule has 3 rings (SSSR count). The molecule has 0 aliphatic carbocycles. The summed E-state index contributed by atoms with van der Waals surface area (Å²) in [6.07, 6.45) is 1.53. The lowest BCUT2D eigenvalue weighted by atomic mass is 10.1. The van der Waals surface area contributed by atoms with Crippen molar-refractivity contribution in [3.8, 4) is 11.5 Å². The summed E-state index contributed by atoms with van der Waals surface area (Å²) < 4.78 is 5.54. The zero-order valence-corrected chi connectivity index (χ0v) is 15.5. The Labute approximate surface area is 160 Å². The second-order valence-electron chi connectivity index (χ2n) is 5.67. The molecule has 1 aliphatic heterocycles. The van der Waals surface area contributed by atoms with Gasteiger partial charge in [-0.05, 0) is 49.0 Å². The molecule has 5 nitrogen and oxygen atoms in total. The number of carbonyl (C=O) groups is 2. The number of benzene rings is 2. The van der Waals surface area contributed by atoms with Gasteiger partial charge in [0.05, 0.1) is 16.5 Å². The van der Waals surface area contributed by atoms with Crippen molar-refractivity contribution in [2.75, 3.05) is 13.2 Å². The first kappa shape index (κ1) is 18.4. The summed E-state index contributed by atoms with van der Waals surface area (Å²) >= 11 is 6.86. The van der Waals surface area contributed by atoms with E-state index in [2.05, 4.69) is 0 Å². The topological polar surface area (TPSA) is 66.8 Å². The minimum atomic E-state index is -0.399. The van der Waals surface area contributed by atoms with E-state index >= 15 is 0 Å². The van der Waals surface area contributed by atoms with E-state index in [1.54, 1.807) is 42.5 Å². The molecule has 1 aliphatic rings. The zero-order chi connectivity index (χ0) is 18.7. The van der Waals surface area contributed by atoms with Gasteiger partial charge < -0.3 is 9.84 Å². The van der Waals surface area contributed by atoms with Gasteiger partial charge in [0.15, 0.2) is 0 Å². The first-order valence-electron chi connectivity index (χ1n) is 7.88. The second kappa shape index (κ2) is 7.85. The molecule has 1 fully saturated rings. The van der Waals surface area contributed by atoms with Crippen LogP contribution in [-0.2, 0) is 4.79 Å². The summed E-state index contributed by atoms with van der Waals surface area (Å²) in [5.74, 6) is 0.162. The predicted molar refractivity (Wildman–Crippen MR) is 102 cm³/mol. The maximum Gasteiger partial charge on any atom is 0.293 e. The minimum Gasteiger partial charge on any atom is -0.507 e. The number of nitrogens with zero attached hydrogens (tertiary/aromatic N) is 1. The summed E-state index contributed by atoms with van der Waals surface area (Å²) in [5, 5.41) is 10.0. The smallest absolute Gasteiger partial charge is 0.293 e. The highest BCUT2D eigenvalue weighted by molar-refractivity contribution is 8.18. The van der Waals surface area contributed by atoms with Crippen LogP contribution in [0, 0.1) is 6.92 Å². The lowest BCUT2D eigenvalue weighted by Crippen LogP contribution is -2.32. The van der Waals surface area contributed by atoms with Gasteiger partial charge in [-0.25, -0.2) is 0 Å². The highest BCUT2D eigenvalue weighted by Crippen LogP contribution is 2.34. The number of hydrogen-bond donors (Lipinski definition) is 1. The van der Waals surface area contributed by atoms with Crippen LogP contribution in [0.15, 0.2) is 47.4 Å². The summed E-state index contributed by atoms with van der Waals surface area (Å²) in [6, 6.07) is 12.1. The second-order valence-corrected chi connectivity index (χ2v) is 7.07. The van der Waals surface area contributed by atoms with Crippen molar-refractivity contribution in [3.63, 3.8) is 0 Å². The number of carbonyl (C=O) groups excluding carboxylic acids is 2. The average Bonchev–Trinajstić information content (AvgIpc) is 2.87. The van der Waals surface area contributed by atoms with E-state index in [0.717, 1.165) is 22.2 Å². The third-order valence-electron chi connectivity index (χ3n) is 3.75. The van der Waals surface area contributed by atoms with Crippen LogP contribution >= 0.6 is 23.4 Å². The molecule has 2 aromatic carbocycles. The third kappa shape index (κ3) is 4.03. The Kier molecular flexibility index (Phi) is 5.54. The van der Waals surface area contributed by atoms with Crippen LogP contribution in [0.3, 0.4) is 0 Å². The Bertz CT molecular complexity index is 897. The van der Waals surface area contributed by atoms with Crippen LogP contribution in [0.2, 0.25) is 5.02 Å². The van der Waals surface area contributed by atoms with Gasteiger partial charge in [-0.1, -0.05) is 35.4 Å². The number of ether oxygens (including phenoxy) is 1. The monoisotopic (exact) mass is 389 g/mol. The van der Waals surface area contributed by atoms with Crippen molar-refractivity contribution in [3.05, 3.63) is 63.5 Å². The molecule has 1 saturated heterocycles. The summed E-state index contributed by atoms with van der Waals surface area (Å²) in [7, 11) is 0. The van der Waals surface area contributed by atoms with E-state index in [4.69, 9.17) is 16.3 Å². The number of imide groups is 1. The largest absolute Gasteiger partial charge is 0.507 e. The van der Waals surface area contributed by atoms with Crippen molar-refractivity contribution in [2.24, 2.45) is 0 Å². The maximum absolute atomic E-state index is 12.5. The molecular formula is C19H16ClNO4S. The predicted octanol–water partition coefficient (Wildman–Crippen LogP) is 4.47. The van der Waals surface area contributed by atoms with E-state index in [-0.39, 0.29) is 29.0 Å². The molecule has 7 heteroatoms. The van der Waals surface area contributed by atoms with Gasteiger partial charge in [-0.15, -0.1) is 0 Å². The minimum absolute atomic E-state index is 0.0597. The summed E-state index contributed by atoms with van der Waals surface area (Å²) in [6.45, 7) is 2.15. The number of amides is 2. The number of aryl methyl sites for hydroxylation is 1. The number of phenolic OH excluding ortho intramolecular Hbond substituents is 1. The number of hydrogen-bond acceptors (Lipinski definition) is 5. The Morgan fingerprint density at radius 1 is 1.23 bits per heavy atom. The summed E-state index contributed by atoms with van der Waals surface area (Å²) in [5.41, 5.74) is 1.45. The number of halogens is 1. The van der Waals surface area contributed by atoms with Gasteiger partial charge in [-0.3, -0.25) is 14.5 Å². The molecule has 1 N–H and O–H groups in total. The normalized spacial score (nSPS) is 15.8. The molecular weight excluding hydrogens is 374 g/mol. The van der Waals surface area contributed by atoms with Crippen LogP contribution in [0.1, 0.15) is 11.1 Å². The highest BCUT2D eigenvalue weighted by atomic mass is 35.5. The number of phenols is 1. The molecule has 0 atom stereocenters. The van der Waals surface area contributed by atoms with E-state index in [1.165, 1.54) is 6.08 Å². The average molecular weight is 390 g/mol. The van der Waals surface area contributed by atoms with Gasteiger partial charge in [0.1, 0.15) is 18.1 Å². The molecule has 2 aromatic rings. The molecule has 0 spiro atoms. The number of para-hydroxylation sites is 1. The van der Waals surface area contributed by atoms with Gasteiger partial charge in [0.25, 0.3) is 11.1 Å². The van der Waals surface area contributed by atoms with Crippen LogP contribution < -0.4 is 4.74 Å². The first-order chi connectivity index (χ1) is 12.5. The molecule has 0 radical (unpaired) electrons. The van der Waals surface area contributed by atoms with E-state index < -0.39 is 5.91 Å². The fourth-order valence-corrected chi connectivity index (χ4v) is 3.48.